The van der Waals surface area contributed by atoms with Crippen LogP contribution in [0.2, 0.25) is 0 Å². The van der Waals surface area contributed by atoms with E-state index in [9.17, 15) is 0 Å². The minimum Gasteiger partial charge on any atom is -0.293 e. The Morgan fingerprint density at radius 1 is 0.944 bits per heavy atom. The van der Waals surface area contributed by atoms with Crippen LogP contribution in [0.25, 0.3) is 0 Å². The number of hydrogen-bond acceptors (Lipinski definition) is 2. The van der Waals surface area contributed by atoms with Gasteiger partial charge in [0.2, 0.25) is 0 Å². The first-order valence-corrected chi connectivity index (χ1v) is 7.79. The highest BCUT2D eigenvalue weighted by Gasteiger charge is 2.38. The van der Waals surface area contributed by atoms with Gasteiger partial charge in [-0.15, -0.1) is 0 Å². The van der Waals surface area contributed by atoms with Gasteiger partial charge in [-0.25, -0.2) is 0 Å². The van der Waals surface area contributed by atoms with Gasteiger partial charge in [-0.05, 0) is 52.5 Å². The van der Waals surface area contributed by atoms with Crippen LogP contribution >= 0.6 is 12.6 Å². The molecule has 0 aromatic heterocycles. The molecule has 110 valence electrons. The molecule has 18 heavy (non-hydrogen) atoms. The topological polar surface area (TPSA) is 3.24 Å². The first-order chi connectivity index (χ1) is 7.82. The zero-order chi connectivity index (χ0) is 14.8. The van der Waals surface area contributed by atoms with Gasteiger partial charge in [-0.2, -0.15) is 12.6 Å². The molecule has 0 spiro atoms. The average molecular weight is 274 g/mol. The van der Waals surface area contributed by atoms with Gasteiger partial charge in [-0.3, -0.25) is 4.90 Å². The summed E-state index contributed by atoms with van der Waals surface area (Å²) in [5, 5.41) is 0.444. The summed E-state index contributed by atoms with van der Waals surface area (Å²) in [6.07, 6.45) is 2.33. The van der Waals surface area contributed by atoms with Crippen LogP contribution in [0, 0.1) is 5.41 Å². The number of thiol groups is 1. The maximum Gasteiger partial charge on any atom is 0.0168 e. The minimum atomic E-state index is 0.199. The molecule has 0 saturated heterocycles. The standard InChI is InChI=1S/C16H35NS/c1-10-17(15(6,7)11-13(2)18)16(8,9)12-14(3,4)5/h13,18H,10-12H2,1-9H3. The molecule has 2 heteroatoms. The Hall–Kier alpha value is 0.310. The second-order valence-electron chi connectivity index (χ2n) is 8.16. The summed E-state index contributed by atoms with van der Waals surface area (Å²) in [6, 6.07) is 0. The van der Waals surface area contributed by atoms with Crippen molar-refractivity contribution < 1.29 is 0 Å². The second-order valence-corrected chi connectivity index (χ2v) is 9.04. The van der Waals surface area contributed by atoms with Crippen molar-refractivity contribution in [3.8, 4) is 0 Å². The lowest BCUT2D eigenvalue weighted by molar-refractivity contribution is -0.00598. The molecule has 0 bridgehead atoms. The Balaban J connectivity index is 5.05. The van der Waals surface area contributed by atoms with Crippen LogP contribution in [-0.4, -0.2) is 27.8 Å². The summed E-state index contributed by atoms with van der Waals surface area (Å²) in [6.45, 7) is 22.0. The molecule has 0 fully saturated rings. The molecular formula is C16H35NS. The fourth-order valence-corrected chi connectivity index (χ4v) is 4.35. The molecule has 0 aliphatic rings. The van der Waals surface area contributed by atoms with Gasteiger partial charge in [0, 0.05) is 16.3 Å². The van der Waals surface area contributed by atoms with E-state index in [0.29, 0.717) is 10.7 Å². The second kappa shape index (κ2) is 6.17. The molecule has 0 aromatic carbocycles. The Kier molecular flexibility index (Phi) is 6.28. The molecule has 0 radical (unpaired) electrons. The Morgan fingerprint density at radius 3 is 1.67 bits per heavy atom. The molecule has 0 rings (SSSR count). The first-order valence-electron chi connectivity index (χ1n) is 7.28. The molecule has 0 aliphatic heterocycles. The lowest BCUT2D eigenvalue weighted by Crippen LogP contribution is -2.57. The highest BCUT2D eigenvalue weighted by atomic mass is 32.1. The van der Waals surface area contributed by atoms with E-state index in [4.69, 9.17) is 0 Å². The zero-order valence-electron chi connectivity index (χ0n) is 14.1. The maximum atomic E-state index is 4.58. The lowest BCUT2D eigenvalue weighted by Gasteiger charge is -2.51. The highest BCUT2D eigenvalue weighted by Crippen LogP contribution is 2.37. The molecule has 0 amide bonds. The van der Waals surface area contributed by atoms with Crippen LogP contribution in [0.4, 0.5) is 0 Å². The third-order valence-corrected chi connectivity index (χ3v) is 3.72. The molecule has 0 aromatic rings. The van der Waals surface area contributed by atoms with Crippen LogP contribution in [0.3, 0.4) is 0 Å². The summed E-state index contributed by atoms with van der Waals surface area (Å²) in [4.78, 5) is 2.65. The summed E-state index contributed by atoms with van der Waals surface area (Å²) in [5.41, 5.74) is 0.781. The van der Waals surface area contributed by atoms with E-state index < -0.39 is 0 Å². The summed E-state index contributed by atoms with van der Waals surface area (Å²) in [7, 11) is 0. The van der Waals surface area contributed by atoms with E-state index in [1.54, 1.807) is 0 Å². The van der Waals surface area contributed by atoms with E-state index in [0.717, 1.165) is 13.0 Å². The van der Waals surface area contributed by atoms with E-state index >= 15 is 0 Å². The Morgan fingerprint density at radius 2 is 1.39 bits per heavy atom. The van der Waals surface area contributed by atoms with Crippen LogP contribution in [0.5, 0.6) is 0 Å². The summed E-state index contributed by atoms with van der Waals surface area (Å²) < 4.78 is 0. The first kappa shape index (κ1) is 18.3. The van der Waals surface area contributed by atoms with Crippen LogP contribution in [-0.2, 0) is 0 Å². The summed E-state index contributed by atoms with van der Waals surface area (Å²) >= 11 is 4.58. The smallest absolute Gasteiger partial charge is 0.0168 e. The van der Waals surface area contributed by atoms with Gasteiger partial charge in [-0.1, -0.05) is 34.6 Å². The quantitative estimate of drug-likeness (QED) is 0.666. The zero-order valence-corrected chi connectivity index (χ0v) is 15.0. The van der Waals surface area contributed by atoms with Crippen LogP contribution in [0.1, 0.15) is 75.2 Å². The third-order valence-electron chi connectivity index (χ3n) is 3.54. The normalized spacial score (nSPS) is 16.2. The number of nitrogens with zero attached hydrogens (tertiary/aromatic N) is 1. The molecule has 1 unspecified atom stereocenters. The van der Waals surface area contributed by atoms with Crippen LogP contribution < -0.4 is 0 Å². The lowest BCUT2D eigenvalue weighted by atomic mass is 9.78. The van der Waals surface area contributed by atoms with Crippen molar-refractivity contribution in [2.75, 3.05) is 6.54 Å². The van der Waals surface area contributed by atoms with Gasteiger partial charge in [0.05, 0.1) is 0 Å². The molecule has 0 saturated carbocycles. The van der Waals surface area contributed by atoms with Crippen molar-refractivity contribution in [3.05, 3.63) is 0 Å². The Bertz CT molecular complexity index is 248. The number of rotatable bonds is 6. The van der Waals surface area contributed by atoms with Crippen molar-refractivity contribution in [1.82, 2.24) is 4.90 Å². The molecule has 0 heterocycles. The summed E-state index contributed by atoms with van der Waals surface area (Å²) in [5.74, 6) is 0. The largest absolute Gasteiger partial charge is 0.293 e. The van der Waals surface area contributed by atoms with Gasteiger partial charge >= 0.3 is 0 Å². The van der Waals surface area contributed by atoms with Crippen LogP contribution in [0.15, 0.2) is 0 Å². The monoisotopic (exact) mass is 273 g/mol. The fraction of sp³-hybridized carbons (Fsp3) is 1.00. The van der Waals surface area contributed by atoms with Crippen molar-refractivity contribution in [3.63, 3.8) is 0 Å². The van der Waals surface area contributed by atoms with Gasteiger partial charge in [0.15, 0.2) is 0 Å². The van der Waals surface area contributed by atoms with Crippen molar-refractivity contribution in [2.24, 2.45) is 5.41 Å². The highest BCUT2D eigenvalue weighted by molar-refractivity contribution is 7.80. The SMILES string of the molecule is CCN(C(C)(C)CC(C)S)C(C)(C)CC(C)(C)C. The maximum absolute atomic E-state index is 4.58. The van der Waals surface area contributed by atoms with Gasteiger partial charge in [0.1, 0.15) is 0 Å². The minimum absolute atomic E-state index is 0.199. The molecular weight excluding hydrogens is 238 g/mol. The van der Waals surface area contributed by atoms with E-state index in [-0.39, 0.29) is 11.1 Å². The predicted molar refractivity (Wildman–Crippen MR) is 87.7 cm³/mol. The van der Waals surface area contributed by atoms with Gasteiger partial charge < -0.3 is 0 Å². The van der Waals surface area contributed by atoms with E-state index in [2.05, 4.69) is 79.8 Å². The van der Waals surface area contributed by atoms with Gasteiger partial charge in [0.25, 0.3) is 0 Å². The van der Waals surface area contributed by atoms with Crippen molar-refractivity contribution in [2.45, 2.75) is 91.5 Å². The van der Waals surface area contributed by atoms with Crippen molar-refractivity contribution >= 4 is 12.6 Å². The predicted octanol–water partition coefficient (Wildman–Crippen LogP) is 5.01. The van der Waals surface area contributed by atoms with Crippen molar-refractivity contribution in [1.29, 1.82) is 0 Å². The fourth-order valence-electron chi connectivity index (χ4n) is 3.90. The number of hydrogen-bond donors (Lipinski definition) is 1. The Labute approximate surface area is 121 Å². The molecule has 0 aliphatic carbocycles. The average Bonchev–Trinajstić information content (AvgIpc) is 1.94. The van der Waals surface area contributed by atoms with E-state index in [1.807, 2.05) is 0 Å². The molecule has 1 atom stereocenters. The molecule has 0 N–H and O–H groups in total. The molecule has 1 nitrogen and oxygen atoms in total. The van der Waals surface area contributed by atoms with E-state index in [1.165, 1.54) is 6.42 Å². The third kappa shape index (κ3) is 5.97.